The quantitative estimate of drug-likeness (QED) is 0.0417. The van der Waals surface area contributed by atoms with E-state index in [0.717, 1.165) is 38.5 Å². The summed E-state index contributed by atoms with van der Waals surface area (Å²) in [6.07, 6.45) is 78.8. The summed E-state index contributed by atoms with van der Waals surface area (Å²) in [4.78, 5) is 24.6. The van der Waals surface area contributed by atoms with Crippen molar-refractivity contribution in [3.8, 4) is 0 Å². The molecule has 0 aromatic rings. The van der Waals surface area contributed by atoms with Crippen LogP contribution in [0.1, 0.15) is 406 Å². The smallest absolute Gasteiger partial charge is 0.305 e. The minimum absolute atomic E-state index is 0.0256. The van der Waals surface area contributed by atoms with Gasteiger partial charge in [0.1, 0.15) is 0 Å². The lowest BCUT2D eigenvalue weighted by Gasteiger charge is -2.22. The molecule has 0 saturated heterocycles. The van der Waals surface area contributed by atoms with Crippen molar-refractivity contribution in [1.82, 2.24) is 5.32 Å². The molecule has 0 fully saturated rings. The van der Waals surface area contributed by atoms with E-state index in [1.807, 2.05) is 0 Å². The van der Waals surface area contributed by atoms with E-state index in [1.54, 1.807) is 0 Å². The van der Waals surface area contributed by atoms with Crippen molar-refractivity contribution in [2.24, 2.45) is 0 Å². The van der Waals surface area contributed by atoms with Crippen LogP contribution in [0.15, 0.2) is 0 Å². The van der Waals surface area contributed by atoms with Crippen LogP contribution in [0.25, 0.3) is 0 Å². The van der Waals surface area contributed by atoms with Crippen molar-refractivity contribution in [1.29, 1.82) is 0 Å². The minimum atomic E-state index is -0.658. The molecular formula is C69H137NO5. The van der Waals surface area contributed by atoms with E-state index in [1.165, 1.54) is 334 Å². The molecule has 0 saturated carbocycles. The summed E-state index contributed by atoms with van der Waals surface area (Å²) in [6.45, 7) is 4.98. The van der Waals surface area contributed by atoms with Crippen LogP contribution in [0.2, 0.25) is 0 Å². The van der Waals surface area contributed by atoms with Gasteiger partial charge in [0.2, 0.25) is 5.91 Å². The monoisotopic (exact) mass is 1060 g/mol. The predicted octanol–water partition coefficient (Wildman–Crippen LogP) is 22.2. The molecule has 2 atom stereocenters. The van der Waals surface area contributed by atoms with Gasteiger partial charge in [-0.15, -0.1) is 0 Å². The number of ether oxygens (including phenoxy) is 1. The third kappa shape index (κ3) is 61.9. The topological polar surface area (TPSA) is 95.9 Å². The van der Waals surface area contributed by atoms with Crippen molar-refractivity contribution in [2.45, 2.75) is 418 Å². The molecule has 0 aliphatic rings. The molecule has 448 valence electrons. The maximum Gasteiger partial charge on any atom is 0.305 e. The first-order chi connectivity index (χ1) is 37.0. The highest BCUT2D eigenvalue weighted by atomic mass is 16.5. The van der Waals surface area contributed by atoms with Crippen LogP contribution in [0.4, 0.5) is 0 Å². The molecule has 2 unspecified atom stereocenters. The Morgan fingerprint density at radius 3 is 0.813 bits per heavy atom. The highest BCUT2D eigenvalue weighted by Crippen LogP contribution is 2.19. The normalized spacial score (nSPS) is 12.4. The summed E-state index contributed by atoms with van der Waals surface area (Å²) >= 11 is 0. The average molecular weight is 1060 g/mol. The Labute approximate surface area is 470 Å². The number of rotatable bonds is 66. The molecule has 75 heavy (non-hydrogen) atoms. The van der Waals surface area contributed by atoms with Gasteiger partial charge in [-0.05, 0) is 25.7 Å². The third-order valence-corrected chi connectivity index (χ3v) is 16.7. The second-order valence-corrected chi connectivity index (χ2v) is 24.2. The van der Waals surface area contributed by atoms with Crippen molar-refractivity contribution in [3.63, 3.8) is 0 Å². The van der Waals surface area contributed by atoms with Crippen molar-refractivity contribution >= 4 is 11.9 Å². The number of carbonyl (C=O) groups excluding carboxylic acids is 2. The van der Waals surface area contributed by atoms with Gasteiger partial charge in [-0.2, -0.15) is 0 Å². The van der Waals surface area contributed by atoms with E-state index in [0.29, 0.717) is 25.9 Å². The Balaban J connectivity index is 3.27. The van der Waals surface area contributed by atoms with Gasteiger partial charge in [-0.25, -0.2) is 0 Å². The van der Waals surface area contributed by atoms with Gasteiger partial charge in [0.15, 0.2) is 0 Å². The molecule has 0 aliphatic carbocycles. The van der Waals surface area contributed by atoms with E-state index >= 15 is 0 Å². The van der Waals surface area contributed by atoms with E-state index in [2.05, 4.69) is 19.2 Å². The fourth-order valence-electron chi connectivity index (χ4n) is 11.4. The van der Waals surface area contributed by atoms with Crippen LogP contribution in [-0.2, 0) is 14.3 Å². The first kappa shape index (κ1) is 73.9. The molecule has 0 spiro atoms. The van der Waals surface area contributed by atoms with Crippen molar-refractivity contribution in [3.05, 3.63) is 0 Å². The molecule has 6 heteroatoms. The Bertz CT molecular complexity index is 1080. The molecule has 0 rings (SSSR count). The summed E-state index contributed by atoms with van der Waals surface area (Å²) in [5, 5.41) is 23.2. The number of carbonyl (C=O) groups is 2. The van der Waals surface area contributed by atoms with Gasteiger partial charge in [0.05, 0.1) is 25.4 Å². The van der Waals surface area contributed by atoms with Crippen LogP contribution in [-0.4, -0.2) is 47.4 Å². The third-order valence-electron chi connectivity index (χ3n) is 16.7. The molecule has 0 aliphatic heterocycles. The maximum absolute atomic E-state index is 12.4. The minimum Gasteiger partial charge on any atom is -0.466 e. The number of amides is 1. The molecule has 6 nitrogen and oxygen atoms in total. The standard InChI is InChI=1S/C69H137NO5/c1-3-5-7-9-11-13-15-16-17-18-34-37-40-43-47-51-55-59-63-69(74)75-64-60-56-52-48-44-41-38-35-32-30-28-26-24-22-20-19-21-23-25-27-29-31-33-36-39-42-46-50-54-58-62-68(73)70-66(65-71)67(72)61-57-53-49-45-14-12-10-8-6-4-2/h66-67,71-72H,3-65H2,1-2H3,(H,70,73). The van der Waals surface area contributed by atoms with E-state index in [4.69, 9.17) is 4.74 Å². The van der Waals surface area contributed by atoms with Gasteiger partial charge in [0.25, 0.3) is 0 Å². The average Bonchev–Trinajstić information content (AvgIpc) is 3.41. The van der Waals surface area contributed by atoms with Gasteiger partial charge in [-0.1, -0.05) is 367 Å². The Kier molecular flexibility index (Phi) is 64.4. The molecule has 0 heterocycles. The number of unbranched alkanes of at least 4 members (excludes halogenated alkanes) is 55. The van der Waals surface area contributed by atoms with Crippen LogP contribution >= 0.6 is 0 Å². The Morgan fingerprint density at radius 1 is 0.320 bits per heavy atom. The second kappa shape index (κ2) is 65.4. The predicted molar refractivity (Wildman–Crippen MR) is 329 cm³/mol. The Morgan fingerprint density at radius 2 is 0.547 bits per heavy atom. The Hall–Kier alpha value is -1.14. The van der Waals surface area contributed by atoms with Crippen LogP contribution in [0.3, 0.4) is 0 Å². The number of nitrogens with one attached hydrogen (secondary N) is 1. The van der Waals surface area contributed by atoms with Gasteiger partial charge in [-0.3, -0.25) is 9.59 Å². The molecule has 1 amide bonds. The molecule has 0 radical (unpaired) electrons. The fourth-order valence-corrected chi connectivity index (χ4v) is 11.4. The first-order valence-electron chi connectivity index (χ1n) is 34.8. The number of aliphatic hydroxyl groups excluding tert-OH is 2. The zero-order valence-corrected chi connectivity index (χ0v) is 51.3. The summed E-state index contributed by atoms with van der Waals surface area (Å²) in [6, 6.07) is -0.535. The fraction of sp³-hybridized carbons (Fsp3) is 0.971. The lowest BCUT2D eigenvalue weighted by Crippen LogP contribution is -2.45. The molecule has 0 aromatic heterocycles. The molecule has 3 N–H and O–H groups in total. The zero-order chi connectivity index (χ0) is 54.3. The molecule has 0 aromatic carbocycles. The summed E-state index contributed by atoms with van der Waals surface area (Å²) in [5.41, 5.74) is 0. The first-order valence-corrected chi connectivity index (χ1v) is 34.8. The van der Waals surface area contributed by atoms with Crippen molar-refractivity contribution in [2.75, 3.05) is 13.2 Å². The number of esters is 1. The van der Waals surface area contributed by atoms with E-state index < -0.39 is 12.1 Å². The van der Waals surface area contributed by atoms with E-state index in [-0.39, 0.29) is 18.5 Å². The number of aliphatic hydroxyl groups is 2. The number of hydrogen-bond acceptors (Lipinski definition) is 5. The lowest BCUT2D eigenvalue weighted by molar-refractivity contribution is -0.143. The summed E-state index contributed by atoms with van der Waals surface area (Å²) in [5.74, 6) is -0.00465. The highest BCUT2D eigenvalue weighted by Gasteiger charge is 2.20. The molecule has 0 bridgehead atoms. The SMILES string of the molecule is CCCCCCCCCCCCCCCCCCCCC(=O)OCCCCCCCCCCCCCCCCCCCCCCCCCCCCCCCCC(=O)NC(CO)C(O)CCCCCCCCCCCC. The lowest BCUT2D eigenvalue weighted by atomic mass is 10.0. The van der Waals surface area contributed by atoms with Crippen LogP contribution in [0, 0.1) is 0 Å². The highest BCUT2D eigenvalue weighted by molar-refractivity contribution is 5.76. The summed E-state index contributed by atoms with van der Waals surface area (Å²) in [7, 11) is 0. The van der Waals surface area contributed by atoms with Gasteiger partial charge in [0, 0.05) is 12.8 Å². The van der Waals surface area contributed by atoms with Gasteiger partial charge >= 0.3 is 5.97 Å². The number of hydrogen-bond donors (Lipinski definition) is 3. The second-order valence-electron chi connectivity index (χ2n) is 24.2. The van der Waals surface area contributed by atoms with Crippen LogP contribution < -0.4 is 5.32 Å². The van der Waals surface area contributed by atoms with Gasteiger partial charge < -0.3 is 20.3 Å². The summed E-state index contributed by atoms with van der Waals surface area (Å²) < 4.78 is 5.51. The van der Waals surface area contributed by atoms with E-state index in [9.17, 15) is 19.8 Å². The van der Waals surface area contributed by atoms with Crippen molar-refractivity contribution < 1.29 is 24.5 Å². The molecular weight excluding hydrogens is 923 g/mol. The maximum atomic E-state index is 12.4. The van der Waals surface area contributed by atoms with Crippen LogP contribution in [0.5, 0.6) is 0 Å². The zero-order valence-electron chi connectivity index (χ0n) is 51.3. The largest absolute Gasteiger partial charge is 0.466 e.